The summed E-state index contributed by atoms with van der Waals surface area (Å²) < 4.78 is 0. The molecule has 0 aromatic heterocycles. The van der Waals surface area contributed by atoms with Crippen LogP contribution in [-0.4, -0.2) is 34.9 Å². The van der Waals surface area contributed by atoms with Gasteiger partial charge in [0.15, 0.2) is 0 Å². The maximum absolute atomic E-state index is 12.5. The van der Waals surface area contributed by atoms with E-state index in [2.05, 4.69) is 67.8 Å². The molecule has 0 radical (unpaired) electrons. The second-order valence-corrected chi connectivity index (χ2v) is 22.5. The van der Waals surface area contributed by atoms with Crippen LogP contribution in [0.25, 0.3) is 0 Å². The smallest absolute Gasteiger partial charge is 0.220 e. The van der Waals surface area contributed by atoms with Crippen molar-refractivity contribution in [2.45, 2.75) is 366 Å². The molecule has 2 atom stereocenters. The summed E-state index contributed by atoms with van der Waals surface area (Å²) in [5.41, 5.74) is 0. The Labute approximate surface area is 457 Å². The third-order valence-corrected chi connectivity index (χ3v) is 15.2. The lowest BCUT2D eigenvalue weighted by molar-refractivity contribution is -0.123. The number of unbranched alkanes of at least 4 members (excludes halogenated alkanes) is 46. The van der Waals surface area contributed by atoms with Gasteiger partial charge in [0.25, 0.3) is 0 Å². The molecular formula is C69H129NO3. The van der Waals surface area contributed by atoms with Gasteiger partial charge in [0.2, 0.25) is 5.91 Å². The molecule has 2 unspecified atom stereocenters. The first-order valence-corrected chi connectivity index (χ1v) is 33.0. The molecule has 0 spiro atoms. The van der Waals surface area contributed by atoms with Gasteiger partial charge in [-0.2, -0.15) is 0 Å². The number of rotatable bonds is 61. The largest absolute Gasteiger partial charge is 0.394 e. The zero-order chi connectivity index (χ0) is 52.7. The van der Waals surface area contributed by atoms with Crippen LogP contribution in [0.3, 0.4) is 0 Å². The highest BCUT2D eigenvalue weighted by Crippen LogP contribution is 2.18. The normalized spacial score (nSPS) is 13.1. The van der Waals surface area contributed by atoms with Crippen molar-refractivity contribution in [3.05, 3.63) is 60.8 Å². The lowest BCUT2D eigenvalue weighted by Gasteiger charge is -2.19. The number of hydrogen-bond donors (Lipinski definition) is 3. The Balaban J connectivity index is 3.42. The number of aliphatic hydroxyl groups excluding tert-OH is 2. The summed E-state index contributed by atoms with van der Waals surface area (Å²) >= 11 is 0. The summed E-state index contributed by atoms with van der Waals surface area (Å²) in [7, 11) is 0. The van der Waals surface area contributed by atoms with E-state index in [1.807, 2.05) is 6.08 Å². The molecule has 0 bridgehead atoms. The van der Waals surface area contributed by atoms with Crippen LogP contribution in [-0.2, 0) is 4.79 Å². The van der Waals surface area contributed by atoms with Crippen LogP contribution >= 0.6 is 0 Å². The predicted octanol–water partition coefficient (Wildman–Crippen LogP) is 22.3. The number of amides is 1. The molecule has 428 valence electrons. The molecule has 0 heterocycles. The van der Waals surface area contributed by atoms with Gasteiger partial charge >= 0.3 is 0 Å². The number of carbonyl (C=O) groups is 1. The first-order chi connectivity index (χ1) is 36.2. The molecule has 4 heteroatoms. The van der Waals surface area contributed by atoms with Gasteiger partial charge in [0.05, 0.1) is 18.8 Å². The van der Waals surface area contributed by atoms with Crippen LogP contribution in [0.2, 0.25) is 0 Å². The summed E-state index contributed by atoms with van der Waals surface area (Å²) in [5.74, 6) is -0.0722. The van der Waals surface area contributed by atoms with E-state index in [4.69, 9.17) is 0 Å². The average molecular weight is 1020 g/mol. The Morgan fingerprint density at radius 3 is 0.877 bits per heavy atom. The second-order valence-electron chi connectivity index (χ2n) is 22.5. The van der Waals surface area contributed by atoms with Gasteiger partial charge < -0.3 is 15.5 Å². The van der Waals surface area contributed by atoms with Gasteiger partial charge in [0.1, 0.15) is 0 Å². The van der Waals surface area contributed by atoms with E-state index in [9.17, 15) is 15.0 Å². The third-order valence-electron chi connectivity index (χ3n) is 15.2. The minimum atomic E-state index is -0.871. The van der Waals surface area contributed by atoms with E-state index in [-0.39, 0.29) is 12.5 Å². The monoisotopic (exact) mass is 1020 g/mol. The maximum atomic E-state index is 12.5. The summed E-state index contributed by atoms with van der Waals surface area (Å²) in [6.45, 7) is 4.31. The van der Waals surface area contributed by atoms with Crippen molar-refractivity contribution in [2.75, 3.05) is 6.61 Å². The fraction of sp³-hybridized carbons (Fsp3) is 0.841. The van der Waals surface area contributed by atoms with E-state index >= 15 is 0 Å². The highest BCUT2D eigenvalue weighted by Gasteiger charge is 2.18. The molecule has 0 aliphatic rings. The lowest BCUT2D eigenvalue weighted by atomic mass is 10.0. The molecule has 0 fully saturated rings. The van der Waals surface area contributed by atoms with Crippen LogP contribution in [0.4, 0.5) is 0 Å². The Hall–Kier alpha value is -1.91. The van der Waals surface area contributed by atoms with Crippen LogP contribution < -0.4 is 5.32 Å². The Bertz CT molecular complexity index is 1200. The fourth-order valence-electron chi connectivity index (χ4n) is 10.2. The number of allylic oxidation sites excluding steroid dienone is 9. The quantitative estimate of drug-likeness (QED) is 0.0420. The molecular weight excluding hydrogens is 891 g/mol. The van der Waals surface area contributed by atoms with Gasteiger partial charge in [-0.15, -0.1) is 0 Å². The molecule has 0 aromatic rings. The first kappa shape index (κ1) is 71.1. The molecule has 0 aliphatic carbocycles. The van der Waals surface area contributed by atoms with Crippen LogP contribution in [0.1, 0.15) is 354 Å². The van der Waals surface area contributed by atoms with Crippen molar-refractivity contribution in [3.63, 3.8) is 0 Å². The topological polar surface area (TPSA) is 69.6 Å². The highest BCUT2D eigenvalue weighted by molar-refractivity contribution is 5.76. The fourth-order valence-corrected chi connectivity index (χ4v) is 10.2. The first-order valence-electron chi connectivity index (χ1n) is 33.0. The Morgan fingerprint density at radius 2 is 0.575 bits per heavy atom. The van der Waals surface area contributed by atoms with Gasteiger partial charge in [-0.1, -0.05) is 331 Å². The summed E-state index contributed by atoms with van der Waals surface area (Å²) in [6.07, 6.45) is 91.6. The number of carbonyl (C=O) groups excluding carboxylic acids is 1. The minimum Gasteiger partial charge on any atom is -0.394 e. The SMILES string of the molecule is CCCCCCC/C=C\C/C=C\CCCCCCCCCCCCCCCCCCCCCCCCCCCCCCCC(=O)NC(CO)C(O)/C=C/CC/C=C/CC/C=C/CCCCCCCCCCCC. The molecule has 4 nitrogen and oxygen atoms in total. The van der Waals surface area contributed by atoms with Crippen LogP contribution in [0, 0.1) is 0 Å². The highest BCUT2D eigenvalue weighted by atomic mass is 16.3. The molecule has 0 rings (SSSR count). The van der Waals surface area contributed by atoms with Crippen molar-refractivity contribution in [1.82, 2.24) is 5.32 Å². The molecule has 3 N–H and O–H groups in total. The van der Waals surface area contributed by atoms with Gasteiger partial charge in [0, 0.05) is 6.42 Å². The zero-order valence-corrected chi connectivity index (χ0v) is 49.4. The maximum Gasteiger partial charge on any atom is 0.220 e. The summed E-state index contributed by atoms with van der Waals surface area (Å²) in [6, 6.07) is -0.646. The second kappa shape index (κ2) is 64.4. The van der Waals surface area contributed by atoms with Crippen molar-refractivity contribution < 1.29 is 15.0 Å². The third kappa shape index (κ3) is 60.8. The van der Waals surface area contributed by atoms with Crippen molar-refractivity contribution >= 4 is 5.91 Å². The molecule has 0 aromatic carbocycles. The Kier molecular flexibility index (Phi) is 62.7. The van der Waals surface area contributed by atoms with Crippen molar-refractivity contribution in [1.29, 1.82) is 0 Å². The van der Waals surface area contributed by atoms with E-state index in [0.29, 0.717) is 6.42 Å². The number of nitrogens with one attached hydrogen (secondary N) is 1. The molecule has 0 saturated carbocycles. The van der Waals surface area contributed by atoms with Gasteiger partial charge in [-0.3, -0.25) is 4.79 Å². The van der Waals surface area contributed by atoms with Crippen molar-refractivity contribution in [3.8, 4) is 0 Å². The van der Waals surface area contributed by atoms with Crippen LogP contribution in [0.5, 0.6) is 0 Å². The van der Waals surface area contributed by atoms with Crippen LogP contribution in [0.15, 0.2) is 60.8 Å². The Morgan fingerprint density at radius 1 is 0.329 bits per heavy atom. The number of hydrogen-bond acceptors (Lipinski definition) is 3. The van der Waals surface area contributed by atoms with E-state index in [1.165, 1.54) is 289 Å². The van der Waals surface area contributed by atoms with Crippen molar-refractivity contribution in [2.24, 2.45) is 0 Å². The molecule has 1 amide bonds. The molecule has 0 saturated heterocycles. The standard InChI is InChI=1S/C69H129NO3/c1-3-5-7-9-11-13-15-17-19-21-23-25-26-27-28-29-30-31-32-33-34-35-36-37-38-39-40-41-42-43-44-45-47-49-51-53-55-57-59-61-63-65-69(73)70-67(66-71)68(72)64-62-60-58-56-54-52-50-48-46-24-22-20-18-16-14-12-10-8-6-4-2/h15,17,21,23,46,48,54,56,62,64,67-68,71-72H,3-14,16,18-20,22,24-45,47,49-53,55,57-61,63,65-66H2,1-2H3,(H,70,73)/b17-15-,23-21-,48-46+,56-54+,64-62+. The average Bonchev–Trinajstić information content (AvgIpc) is 3.40. The van der Waals surface area contributed by atoms with Gasteiger partial charge in [-0.25, -0.2) is 0 Å². The zero-order valence-electron chi connectivity index (χ0n) is 49.4. The van der Waals surface area contributed by atoms with Gasteiger partial charge in [-0.05, 0) is 77.0 Å². The predicted molar refractivity (Wildman–Crippen MR) is 327 cm³/mol. The number of aliphatic hydroxyl groups is 2. The van der Waals surface area contributed by atoms with E-state index < -0.39 is 12.1 Å². The summed E-state index contributed by atoms with van der Waals surface area (Å²) in [4.78, 5) is 12.5. The minimum absolute atomic E-state index is 0.0722. The lowest BCUT2D eigenvalue weighted by Crippen LogP contribution is -2.45. The van der Waals surface area contributed by atoms with E-state index in [0.717, 1.165) is 44.9 Å². The molecule has 0 aliphatic heterocycles. The van der Waals surface area contributed by atoms with E-state index in [1.54, 1.807) is 6.08 Å². The molecule has 73 heavy (non-hydrogen) atoms. The summed E-state index contributed by atoms with van der Waals surface area (Å²) in [5, 5.41) is 23.2.